The summed E-state index contributed by atoms with van der Waals surface area (Å²) in [7, 11) is -1.30. The lowest BCUT2D eigenvalue weighted by atomic mass is 9.96. The third kappa shape index (κ3) is 5.67. The Balaban J connectivity index is 1.49. The number of likely N-dealkylation sites (tertiary alicyclic amines) is 1. The van der Waals surface area contributed by atoms with Crippen molar-refractivity contribution in [2.75, 3.05) is 33.2 Å². The molecule has 0 saturated carbocycles. The van der Waals surface area contributed by atoms with Gasteiger partial charge in [-0.05, 0) is 63.5 Å². The number of benzene rings is 1. The van der Waals surface area contributed by atoms with Crippen LogP contribution in [0.25, 0.3) is 0 Å². The molecule has 1 amide bonds. The first-order valence-electron chi connectivity index (χ1n) is 9.55. The summed E-state index contributed by atoms with van der Waals surface area (Å²) >= 11 is 5.95. The third-order valence-electron chi connectivity index (χ3n) is 5.52. The molecule has 0 aliphatic carbocycles. The van der Waals surface area contributed by atoms with Crippen LogP contribution >= 0.6 is 11.6 Å². The second-order valence-corrected chi connectivity index (χ2v) is 10.1. The SMILES string of the molecule is CN1CCC(NC(=O)C2CCN(S(=O)(=O)Cc3cccc(Cl)c3)CC2)CC1. The summed E-state index contributed by atoms with van der Waals surface area (Å²) in [5.41, 5.74) is 0.685. The van der Waals surface area contributed by atoms with E-state index in [1.165, 1.54) is 4.31 Å². The maximum Gasteiger partial charge on any atom is 0.223 e. The summed E-state index contributed by atoms with van der Waals surface area (Å²) < 4.78 is 26.8. The van der Waals surface area contributed by atoms with Gasteiger partial charge in [-0.1, -0.05) is 23.7 Å². The molecule has 150 valence electrons. The molecule has 3 rings (SSSR count). The number of carbonyl (C=O) groups is 1. The molecular formula is C19H28ClN3O3S. The number of carbonyl (C=O) groups excluding carboxylic acids is 1. The zero-order valence-corrected chi connectivity index (χ0v) is 17.3. The van der Waals surface area contributed by atoms with Crippen LogP contribution in [0.4, 0.5) is 0 Å². The lowest BCUT2D eigenvalue weighted by Crippen LogP contribution is -2.48. The molecule has 0 atom stereocenters. The van der Waals surface area contributed by atoms with E-state index in [1.54, 1.807) is 24.3 Å². The Morgan fingerprint density at radius 1 is 1.15 bits per heavy atom. The van der Waals surface area contributed by atoms with Gasteiger partial charge in [-0.3, -0.25) is 4.79 Å². The summed E-state index contributed by atoms with van der Waals surface area (Å²) in [6, 6.07) is 7.18. The largest absolute Gasteiger partial charge is 0.353 e. The van der Waals surface area contributed by atoms with Crippen molar-refractivity contribution in [3.05, 3.63) is 34.9 Å². The van der Waals surface area contributed by atoms with E-state index in [0.717, 1.165) is 25.9 Å². The summed E-state index contributed by atoms with van der Waals surface area (Å²) in [6.45, 7) is 2.80. The summed E-state index contributed by atoms with van der Waals surface area (Å²) in [5.74, 6) is -0.0706. The van der Waals surface area contributed by atoms with Crippen molar-refractivity contribution in [2.45, 2.75) is 37.5 Å². The Bertz CT molecular complexity index is 755. The number of hydrogen-bond acceptors (Lipinski definition) is 4. The molecule has 1 aromatic rings. The molecule has 2 heterocycles. The Morgan fingerprint density at radius 3 is 2.44 bits per heavy atom. The highest BCUT2D eigenvalue weighted by Gasteiger charge is 2.32. The van der Waals surface area contributed by atoms with Crippen molar-refractivity contribution < 1.29 is 13.2 Å². The van der Waals surface area contributed by atoms with E-state index in [4.69, 9.17) is 11.6 Å². The highest BCUT2D eigenvalue weighted by Crippen LogP contribution is 2.23. The number of halogens is 1. The molecule has 1 aromatic carbocycles. The quantitative estimate of drug-likeness (QED) is 0.802. The number of piperidine rings is 2. The van der Waals surface area contributed by atoms with E-state index >= 15 is 0 Å². The van der Waals surface area contributed by atoms with E-state index in [-0.39, 0.29) is 23.6 Å². The predicted octanol–water partition coefficient (Wildman–Crippen LogP) is 2.09. The van der Waals surface area contributed by atoms with Crippen molar-refractivity contribution in [3.63, 3.8) is 0 Å². The summed E-state index contributed by atoms with van der Waals surface area (Å²) in [5, 5.41) is 3.69. The van der Waals surface area contributed by atoms with Gasteiger partial charge in [0.25, 0.3) is 0 Å². The molecule has 6 nitrogen and oxygen atoms in total. The van der Waals surface area contributed by atoms with E-state index in [9.17, 15) is 13.2 Å². The van der Waals surface area contributed by atoms with Gasteiger partial charge in [-0.25, -0.2) is 12.7 Å². The van der Waals surface area contributed by atoms with Gasteiger partial charge in [0.1, 0.15) is 0 Å². The number of rotatable bonds is 5. The standard InChI is InChI=1S/C19H28ClN3O3S/c1-22-9-7-18(8-10-22)21-19(24)16-5-11-23(12-6-16)27(25,26)14-15-3-2-4-17(20)13-15/h2-4,13,16,18H,5-12,14H2,1H3,(H,21,24). The molecule has 1 N–H and O–H groups in total. The smallest absolute Gasteiger partial charge is 0.223 e. The van der Waals surface area contributed by atoms with Crippen molar-refractivity contribution >= 4 is 27.5 Å². The van der Waals surface area contributed by atoms with Crippen molar-refractivity contribution in [2.24, 2.45) is 5.92 Å². The molecule has 0 bridgehead atoms. The van der Waals surface area contributed by atoms with Gasteiger partial charge in [0.2, 0.25) is 15.9 Å². The third-order valence-corrected chi connectivity index (χ3v) is 7.61. The van der Waals surface area contributed by atoms with E-state index in [0.29, 0.717) is 36.5 Å². The van der Waals surface area contributed by atoms with Gasteiger partial charge < -0.3 is 10.2 Å². The van der Waals surface area contributed by atoms with Crippen LogP contribution in [0.5, 0.6) is 0 Å². The fourth-order valence-corrected chi connectivity index (χ4v) is 5.56. The molecule has 0 aromatic heterocycles. The first-order chi connectivity index (χ1) is 12.8. The van der Waals surface area contributed by atoms with E-state index in [2.05, 4.69) is 17.3 Å². The average molecular weight is 414 g/mol. The summed E-state index contributed by atoms with van der Waals surface area (Å²) in [6.07, 6.45) is 3.12. The zero-order chi connectivity index (χ0) is 19.4. The molecule has 8 heteroatoms. The Kier molecular flexibility index (Phi) is 6.78. The molecule has 2 fully saturated rings. The summed E-state index contributed by atoms with van der Waals surface area (Å²) in [4.78, 5) is 14.8. The first kappa shape index (κ1) is 20.6. The molecule has 0 spiro atoms. The first-order valence-corrected chi connectivity index (χ1v) is 11.5. The van der Waals surface area contributed by atoms with Gasteiger partial charge in [0, 0.05) is 30.1 Å². The monoisotopic (exact) mass is 413 g/mol. The minimum absolute atomic E-state index is 0.0555. The normalized spacial score (nSPS) is 21.3. The maximum absolute atomic E-state index is 12.7. The van der Waals surface area contributed by atoms with Gasteiger partial charge >= 0.3 is 0 Å². The fourth-order valence-electron chi connectivity index (χ4n) is 3.80. The van der Waals surface area contributed by atoms with Crippen LogP contribution in [0.1, 0.15) is 31.2 Å². The van der Waals surface area contributed by atoms with Gasteiger partial charge in [-0.15, -0.1) is 0 Å². The average Bonchev–Trinajstić information content (AvgIpc) is 2.63. The minimum atomic E-state index is -3.40. The van der Waals surface area contributed by atoms with Crippen LogP contribution in [-0.2, 0) is 20.6 Å². The molecular weight excluding hydrogens is 386 g/mol. The molecule has 2 aliphatic rings. The number of sulfonamides is 1. The second-order valence-electron chi connectivity index (χ2n) is 7.65. The Labute approximate surface area is 166 Å². The molecule has 27 heavy (non-hydrogen) atoms. The second kappa shape index (κ2) is 8.90. The lowest BCUT2D eigenvalue weighted by Gasteiger charge is -2.33. The van der Waals surface area contributed by atoms with Crippen LogP contribution in [0.15, 0.2) is 24.3 Å². The van der Waals surface area contributed by atoms with Crippen LogP contribution in [0, 0.1) is 5.92 Å². The molecule has 2 saturated heterocycles. The molecule has 2 aliphatic heterocycles. The number of nitrogens with zero attached hydrogens (tertiary/aromatic N) is 2. The van der Waals surface area contributed by atoms with Crippen molar-refractivity contribution in [1.29, 1.82) is 0 Å². The van der Waals surface area contributed by atoms with Gasteiger partial charge in [0.15, 0.2) is 0 Å². The number of amides is 1. The fraction of sp³-hybridized carbons (Fsp3) is 0.632. The van der Waals surface area contributed by atoms with Crippen LogP contribution in [0.2, 0.25) is 5.02 Å². The molecule has 0 unspecified atom stereocenters. The maximum atomic E-state index is 12.7. The van der Waals surface area contributed by atoms with E-state index in [1.807, 2.05) is 0 Å². The Hall–Kier alpha value is -1.15. The minimum Gasteiger partial charge on any atom is -0.353 e. The van der Waals surface area contributed by atoms with Gasteiger partial charge in [0.05, 0.1) is 5.75 Å². The van der Waals surface area contributed by atoms with E-state index < -0.39 is 10.0 Å². The zero-order valence-electron chi connectivity index (χ0n) is 15.7. The van der Waals surface area contributed by atoms with Gasteiger partial charge in [-0.2, -0.15) is 0 Å². The van der Waals surface area contributed by atoms with Crippen LogP contribution in [-0.4, -0.2) is 62.8 Å². The topological polar surface area (TPSA) is 69.7 Å². The Morgan fingerprint density at radius 2 is 1.81 bits per heavy atom. The van der Waals surface area contributed by atoms with Crippen molar-refractivity contribution in [1.82, 2.24) is 14.5 Å². The number of hydrogen-bond donors (Lipinski definition) is 1. The van der Waals surface area contributed by atoms with Crippen LogP contribution < -0.4 is 5.32 Å². The highest BCUT2D eigenvalue weighted by atomic mass is 35.5. The molecule has 0 radical (unpaired) electrons. The lowest BCUT2D eigenvalue weighted by molar-refractivity contribution is -0.127. The van der Waals surface area contributed by atoms with Crippen LogP contribution in [0.3, 0.4) is 0 Å². The van der Waals surface area contributed by atoms with Crippen molar-refractivity contribution in [3.8, 4) is 0 Å². The number of nitrogens with one attached hydrogen (secondary N) is 1. The highest BCUT2D eigenvalue weighted by molar-refractivity contribution is 7.88. The predicted molar refractivity (Wildman–Crippen MR) is 107 cm³/mol.